The molecule has 0 spiro atoms. The molecule has 0 aromatic heterocycles. The number of carbonyl (C=O) groups excluding carboxylic acids is 2. The van der Waals surface area contributed by atoms with Crippen molar-refractivity contribution in [3.63, 3.8) is 0 Å². The molecule has 0 aromatic carbocycles. The summed E-state index contributed by atoms with van der Waals surface area (Å²) in [6.45, 7) is 0.811. The van der Waals surface area contributed by atoms with Crippen molar-refractivity contribution in [2.24, 2.45) is 5.92 Å². The molecule has 2 rings (SSSR count). The number of rotatable bonds is 5. The van der Waals surface area contributed by atoms with Gasteiger partial charge >= 0.3 is 5.97 Å². The number of piperidine rings is 1. The zero-order valence-electron chi connectivity index (χ0n) is 13.3. The van der Waals surface area contributed by atoms with Crippen LogP contribution in [0.2, 0.25) is 0 Å². The molecule has 0 N–H and O–H groups in total. The number of hydrogen-bond donors (Lipinski definition) is 0. The van der Waals surface area contributed by atoms with E-state index in [0.29, 0.717) is 12.8 Å². The number of amides is 1. The summed E-state index contributed by atoms with van der Waals surface area (Å²) in [7, 11) is 1.42. The summed E-state index contributed by atoms with van der Waals surface area (Å²) in [5.74, 6) is 0.785. The minimum absolute atomic E-state index is 0.0602. The van der Waals surface area contributed by atoms with E-state index in [1.165, 1.54) is 39.2 Å². The predicted molar refractivity (Wildman–Crippen MR) is 81.8 cm³/mol. The number of likely N-dealkylation sites (tertiary alicyclic amines) is 1. The monoisotopic (exact) mass is 295 g/mol. The Morgan fingerprint density at radius 3 is 2.48 bits per heavy atom. The molecule has 1 aliphatic heterocycles. The molecule has 0 aromatic rings. The van der Waals surface area contributed by atoms with Crippen molar-refractivity contribution in [3.8, 4) is 0 Å². The Hall–Kier alpha value is -1.06. The highest BCUT2D eigenvalue weighted by molar-refractivity contribution is 5.78. The van der Waals surface area contributed by atoms with Crippen LogP contribution in [0.15, 0.2) is 0 Å². The van der Waals surface area contributed by atoms with Gasteiger partial charge in [0.25, 0.3) is 0 Å². The van der Waals surface area contributed by atoms with E-state index in [1.54, 1.807) is 0 Å². The zero-order valence-corrected chi connectivity index (χ0v) is 13.3. The molecule has 1 aliphatic carbocycles. The molecule has 2 fully saturated rings. The molecule has 0 radical (unpaired) electrons. The van der Waals surface area contributed by atoms with Gasteiger partial charge in [-0.3, -0.25) is 9.59 Å². The maximum absolute atomic E-state index is 12.5. The highest BCUT2D eigenvalue weighted by atomic mass is 16.5. The van der Waals surface area contributed by atoms with Gasteiger partial charge < -0.3 is 9.64 Å². The minimum Gasteiger partial charge on any atom is -0.469 e. The number of ether oxygens (including phenoxy) is 1. The van der Waals surface area contributed by atoms with Crippen LogP contribution in [-0.4, -0.2) is 36.5 Å². The van der Waals surface area contributed by atoms with Crippen LogP contribution in [0.1, 0.15) is 70.6 Å². The quantitative estimate of drug-likeness (QED) is 0.731. The van der Waals surface area contributed by atoms with Crippen molar-refractivity contribution in [2.45, 2.75) is 76.7 Å². The van der Waals surface area contributed by atoms with E-state index in [9.17, 15) is 9.59 Å². The second-order valence-corrected chi connectivity index (χ2v) is 6.56. The lowest BCUT2D eigenvalue weighted by atomic mass is 9.86. The SMILES string of the molecule is COC(=O)CC1CCCCN1C(=O)CCC1CCCCC1. The Morgan fingerprint density at radius 2 is 1.76 bits per heavy atom. The molecule has 120 valence electrons. The van der Waals surface area contributed by atoms with Gasteiger partial charge in [-0.15, -0.1) is 0 Å². The summed E-state index contributed by atoms with van der Waals surface area (Å²) in [6.07, 6.45) is 11.7. The molecule has 1 saturated heterocycles. The fraction of sp³-hybridized carbons (Fsp3) is 0.882. The average molecular weight is 295 g/mol. The molecular weight excluding hydrogens is 266 g/mol. The maximum Gasteiger partial charge on any atom is 0.307 e. The smallest absolute Gasteiger partial charge is 0.307 e. The van der Waals surface area contributed by atoms with Crippen molar-refractivity contribution in [1.29, 1.82) is 0 Å². The van der Waals surface area contributed by atoms with Crippen LogP contribution < -0.4 is 0 Å². The number of nitrogens with zero attached hydrogens (tertiary/aromatic N) is 1. The number of methoxy groups -OCH3 is 1. The summed E-state index contributed by atoms with van der Waals surface area (Å²) in [5.41, 5.74) is 0. The van der Waals surface area contributed by atoms with E-state index < -0.39 is 0 Å². The fourth-order valence-corrected chi connectivity index (χ4v) is 3.76. The fourth-order valence-electron chi connectivity index (χ4n) is 3.76. The van der Waals surface area contributed by atoms with Crippen molar-refractivity contribution >= 4 is 11.9 Å². The second kappa shape index (κ2) is 8.40. The van der Waals surface area contributed by atoms with Crippen LogP contribution in [0.3, 0.4) is 0 Å². The molecule has 21 heavy (non-hydrogen) atoms. The molecule has 1 amide bonds. The Balaban J connectivity index is 1.81. The van der Waals surface area contributed by atoms with Crippen LogP contribution in [0.4, 0.5) is 0 Å². The lowest BCUT2D eigenvalue weighted by Gasteiger charge is -2.35. The predicted octanol–water partition coefficient (Wildman–Crippen LogP) is 3.29. The van der Waals surface area contributed by atoms with E-state index in [4.69, 9.17) is 4.74 Å². The van der Waals surface area contributed by atoms with E-state index in [1.807, 2.05) is 4.90 Å². The Bertz CT molecular complexity index is 350. The molecule has 2 aliphatic rings. The largest absolute Gasteiger partial charge is 0.469 e. The summed E-state index contributed by atoms with van der Waals surface area (Å²) in [5, 5.41) is 0. The molecular formula is C17H29NO3. The summed E-state index contributed by atoms with van der Waals surface area (Å²) in [6, 6.07) is 0.0602. The third kappa shape index (κ3) is 5.01. The van der Waals surface area contributed by atoms with Gasteiger partial charge in [0, 0.05) is 19.0 Å². The number of carbonyl (C=O) groups is 2. The first-order valence-corrected chi connectivity index (χ1v) is 8.57. The summed E-state index contributed by atoms with van der Waals surface area (Å²) in [4.78, 5) is 25.9. The van der Waals surface area contributed by atoms with Gasteiger partial charge in [0.2, 0.25) is 5.91 Å². The van der Waals surface area contributed by atoms with Crippen LogP contribution in [0, 0.1) is 5.92 Å². The molecule has 1 atom stereocenters. The van der Waals surface area contributed by atoms with Crippen molar-refractivity contribution < 1.29 is 14.3 Å². The van der Waals surface area contributed by atoms with Crippen molar-refractivity contribution in [3.05, 3.63) is 0 Å². The highest BCUT2D eigenvalue weighted by Gasteiger charge is 2.29. The van der Waals surface area contributed by atoms with Crippen LogP contribution in [0.5, 0.6) is 0 Å². The molecule has 4 nitrogen and oxygen atoms in total. The Morgan fingerprint density at radius 1 is 1.05 bits per heavy atom. The molecule has 1 unspecified atom stereocenters. The van der Waals surface area contributed by atoms with Crippen molar-refractivity contribution in [1.82, 2.24) is 4.90 Å². The first-order valence-electron chi connectivity index (χ1n) is 8.57. The van der Waals surface area contributed by atoms with Gasteiger partial charge in [-0.05, 0) is 31.6 Å². The lowest BCUT2D eigenvalue weighted by molar-refractivity contribution is -0.144. The van der Waals surface area contributed by atoms with Gasteiger partial charge in [0.15, 0.2) is 0 Å². The molecule has 1 saturated carbocycles. The van der Waals surface area contributed by atoms with E-state index in [0.717, 1.165) is 38.1 Å². The molecule has 1 heterocycles. The van der Waals surface area contributed by atoms with E-state index in [-0.39, 0.29) is 17.9 Å². The highest BCUT2D eigenvalue weighted by Crippen LogP contribution is 2.28. The standard InChI is InChI=1S/C17H29NO3/c1-21-17(20)13-15-9-5-6-12-18(15)16(19)11-10-14-7-3-2-4-8-14/h14-15H,2-13H2,1H3. The normalized spacial score (nSPS) is 23.9. The van der Waals surface area contributed by atoms with Gasteiger partial charge in [-0.1, -0.05) is 32.1 Å². The van der Waals surface area contributed by atoms with Gasteiger partial charge in [-0.25, -0.2) is 0 Å². The third-order valence-electron chi connectivity index (χ3n) is 5.07. The van der Waals surface area contributed by atoms with Crippen molar-refractivity contribution in [2.75, 3.05) is 13.7 Å². The lowest BCUT2D eigenvalue weighted by Crippen LogP contribution is -2.44. The molecule has 0 bridgehead atoms. The van der Waals surface area contributed by atoms with Crippen LogP contribution in [-0.2, 0) is 14.3 Å². The first-order chi connectivity index (χ1) is 10.2. The number of hydrogen-bond acceptors (Lipinski definition) is 3. The topological polar surface area (TPSA) is 46.6 Å². The second-order valence-electron chi connectivity index (χ2n) is 6.56. The van der Waals surface area contributed by atoms with Crippen LogP contribution in [0.25, 0.3) is 0 Å². The Labute approximate surface area is 128 Å². The zero-order chi connectivity index (χ0) is 15.1. The van der Waals surface area contributed by atoms with Gasteiger partial charge in [0.05, 0.1) is 13.5 Å². The number of esters is 1. The minimum atomic E-state index is -0.202. The summed E-state index contributed by atoms with van der Waals surface area (Å²) >= 11 is 0. The van der Waals surface area contributed by atoms with Gasteiger partial charge in [0.1, 0.15) is 0 Å². The van der Waals surface area contributed by atoms with Gasteiger partial charge in [-0.2, -0.15) is 0 Å². The average Bonchev–Trinajstić information content (AvgIpc) is 2.54. The van der Waals surface area contributed by atoms with E-state index >= 15 is 0 Å². The first kappa shape index (κ1) is 16.3. The van der Waals surface area contributed by atoms with E-state index in [2.05, 4.69) is 0 Å². The Kier molecular flexibility index (Phi) is 6.52. The van der Waals surface area contributed by atoms with Crippen LogP contribution >= 0.6 is 0 Å². The summed E-state index contributed by atoms with van der Waals surface area (Å²) < 4.78 is 4.76. The molecule has 4 heteroatoms. The third-order valence-corrected chi connectivity index (χ3v) is 5.07. The maximum atomic E-state index is 12.5.